The van der Waals surface area contributed by atoms with Crippen LogP contribution in [0.5, 0.6) is 0 Å². The highest BCUT2D eigenvalue weighted by molar-refractivity contribution is 9.10. The van der Waals surface area contributed by atoms with Gasteiger partial charge in [-0.05, 0) is 65.6 Å². The Morgan fingerprint density at radius 3 is 2.58 bits per heavy atom. The van der Waals surface area contributed by atoms with Gasteiger partial charge in [-0.25, -0.2) is 0 Å². The van der Waals surface area contributed by atoms with Crippen molar-refractivity contribution in [3.8, 4) is 11.1 Å². The molecule has 0 atom stereocenters. The maximum atomic E-state index is 3.56. The molecular formula is C18H18Br. The van der Waals surface area contributed by atoms with Crippen LogP contribution in [0.25, 0.3) is 11.1 Å². The van der Waals surface area contributed by atoms with E-state index >= 15 is 0 Å². The molecule has 0 amide bonds. The summed E-state index contributed by atoms with van der Waals surface area (Å²) in [5.74, 6) is 0. The molecule has 0 bridgehead atoms. The zero-order valence-corrected chi connectivity index (χ0v) is 12.8. The fourth-order valence-corrected chi connectivity index (χ4v) is 3.27. The first-order valence-electron chi connectivity index (χ1n) is 7.00. The van der Waals surface area contributed by atoms with Crippen molar-refractivity contribution in [2.24, 2.45) is 0 Å². The van der Waals surface area contributed by atoms with Crippen LogP contribution in [0.1, 0.15) is 36.5 Å². The zero-order chi connectivity index (χ0) is 13.2. The van der Waals surface area contributed by atoms with E-state index < -0.39 is 0 Å². The molecule has 3 rings (SSSR count). The summed E-state index contributed by atoms with van der Waals surface area (Å²) in [6.45, 7) is 2.21. The first kappa shape index (κ1) is 12.9. The minimum Gasteiger partial charge on any atom is -0.0651 e. The Morgan fingerprint density at radius 1 is 1.05 bits per heavy atom. The average molecular weight is 314 g/mol. The molecule has 1 aliphatic carbocycles. The van der Waals surface area contributed by atoms with Crippen LogP contribution in [-0.4, -0.2) is 0 Å². The number of hydrogen-bond donors (Lipinski definition) is 0. The number of halogens is 1. The summed E-state index contributed by atoms with van der Waals surface area (Å²) in [5.41, 5.74) is 7.23. The van der Waals surface area contributed by atoms with Gasteiger partial charge in [0.05, 0.1) is 0 Å². The molecule has 0 N–H and O–H groups in total. The Kier molecular flexibility index (Phi) is 3.74. The number of fused-ring (bicyclic) bond motifs is 3. The number of hydrogen-bond acceptors (Lipinski definition) is 0. The van der Waals surface area contributed by atoms with E-state index in [1.165, 1.54) is 51.6 Å². The molecule has 1 aliphatic rings. The van der Waals surface area contributed by atoms with Gasteiger partial charge in [-0.3, -0.25) is 0 Å². The lowest BCUT2D eigenvalue weighted by Gasteiger charge is -2.05. The van der Waals surface area contributed by atoms with E-state index in [4.69, 9.17) is 0 Å². The highest BCUT2D eigenvalue weighted by atomic mass is 79.9. The number of rotatable bonds is 4. The lowest BCUT2D eigenvalue weighted by Crippen LogP contribution is -1.89. The van der Waals surface area contributed by atoms with E-state index in [0.29, 0.717) is 0 Å². The van der Waals surface area contributed by atoms with Gasteiger partial charge >= 0.3 is 0 Å². The second-order valence-electron chi connectivity index (χ2n) is 5.21. The van der Waals surface area contributed by atoms with Gasteiger partial charge in [0, 0.05) is 4.47 Å². The summed E-state index contributed by atoms with van der Waals surface area (Å²) in [7, 11) is 0. The second-order valence-corrected chi connectivity index (χ2v) is 6.12. The monoisotopic (exact) mass is 313 g/mol. The Bertz CT molecular complexity index is 599. The highest BCUT2D eigenvalue weighted by Gasteiger charge is 2.18. The zero-order valence-electron chi connectivity index (χ0n) is 11.2. The standard InChI is InChI=1S/C18H18Br/c1-2-3-4-5-13-6-8-17-14(10-13)11-15-12-16(19)7-9-18(15)17/h3,6-10,12H,2,4-5,11H2,1H3. The molecule has 2 aromatic rings. The average Bonchev–Trinajstić information content (AvgIpc) is 2.75. The van der Waals surface area contributed by atoms with E-state index in [1.54, 1.807) is 0 Å². The van der Waals surface area contributed by atoms with Crippen molar-refractivity contribution >= 4 is 15.9 Å². The van der Waals surface area contributed by atoms with Crippen LogP contribution in [-0.2, 0) is 12.8 Å². The third kappa shape index (κ3) is 2.62. The number of aryl methyl sites for hydroxylation is 1. The van der Waals surface area contributed by atoms with Gasteiger partial charge in [0.1, 0.15) is 0 Å². The molecule has 1 radical (unpaired) electrons. The molecule has 1 heteroatoms. The van der Waals surface area contributed by atoms with E-state index in [9.17, 15) is 0 Å². The minimum absolute atomic E-state index is 1.08. The van der Waals surface area contributed by atoms with Gasteiger partial charge in [-0.2, -0.15) is 0 Å². The maximum absolute atomic E-state index is 3.56. The van der Waals surface area contributed by atoms with Crippen LogP contribution in [0.3, 0.4) is 0 Å². The second kappa shape index (κ2) is 5.50. The molecule has 0 aliphatic heterocycles. The lowest BCUT2D eigenvalue weighted by molar-refractivity contribution is 0.877. The number of benzene rings is 2. The summed E-state index contributed by atoms with van der Waals surface area (Å²) in [6.07, 6.45) is 6.97. The molecule has 97 valence electrons. The molecule has 0 heterocycles. The van der Waals surface area contributed by atoms with Gasteiger partial charge in [-0.15, -0.1) is 0 Å². The molecule has 0 nitrogen and oxygen atoms in total. The topological polar surface area (TPSA) is 0 Å². The van der Waals surface area contributed by atoms with Crippen molar-refractivity contribution in [1.29, 1.82) is 0 Å². The van der Waals surface area contributed by atoms with Crippen molar-refractivity contribution in [3.63, 3.8) is 0 Å². The first-order valence-corrected chi connectivity index (χ1v) is 7.79. The van der Waals surface area contributed by atoms with E-state index in [-0.39, 0.29) is 0 Å². The maximum Gasteiger partial charge on any atom is 0.0178 e. The SMILES string of the molecule is CC[CH]CCc1ccc2c(c1)Cc1cc(Br)ccc1-2. The lowest BCUT2D eigenvalue weighted by atomic mass is 10.0. The summed E-state index contributed by atoms with van der Waals surface area (Å²) in [5, 5.41) is 0. The molecule has 0 fully saturated rings. The molecule has 19 heavy (non-hydrogen) atoms. The quantitative estimate of drug-likeness (QED) is 0.552. The fraction of sp³-hybridized carbons (Fsp3) is 0.278. The molecule has 0 saturated carbocycles. The van der Waals surface area contributed by atoms with Crippen LogP contribution in [0.2, 0.25) is 0 Å². The Hall–Kier alpha value is -1.08. The van der Waals surface area contributed by atoms with Gasteiger partial charge in [0.2, 0.25) is 0 Å². The largest absolute Gasteiger partial charge is 0.0651 e. The van der Waals surface area contributed by atoms with Gasteiger partial charge in [0.15, 0.2) is 0 Å². The van der Waals surface area contributed by atoms with Crippen LogP contribution in [0.4, 0.5) is 0 Å². The Labute approximate surface area is 124 Å². The normalized spacial score (nSPS) is 12.3. The number of unbranched alkanes of at least 4 members (excludes halogenated alkanes) is 2. The van der Waals surface area contributed by atoms with Gasteiger partial charge in [0.25, 0.3) is 0 Å². The van der Waals surface area contributed by atoms with Crippen molar-refractivity contribution in [2.75, 3.05) is 0 Å². The van der Waals surface area contributed by atoms with Crippen LogP contribution >= 0.6 is 15.9 Å². The summed E-state index contributed by atoms with van der Waals surface area (Å²) < 4.78 is 1.18. The van der Waals surface area contributed by atoms with Crippen LogP contribution in [0, 0.1) is 6.42 Å². The third-order valence-electron chi connectivity index (χ3n) is 3.83. The predicted molar refractivity (Wildman–Crippen MR) is 85.3 cm³/mol. The van der Waals surface area contributed by atoms with E-state index in [2.05, 4.69) is 65.7 Å². The Morgan fingerprint density at radius 2 is 1.79 bits per heavy atom. The van der Waals surface area contributed by atoms with E-state index in [1.807, 2.05) is 0 Å². The fourth-order valence-electron chi connectivity index (χ4n) is 2.86. The van der Waals surface area contributed by atoms with Crippen molar-refractivity contribution in [2.45, 2.75) is 32.6 Å². The van der Waals surface area contributed by atoms with Crippen molar-refractivity contribution in [1.82, 2.24) is 0 Å². The predicted octanol–water partition coefficient (Wildman–Crippen LogP) is 5.57. The third-order valence-corrected chi connectivity index (χ3v) is 4.33. The minimum atomic E-state index is 1.08. The van der Waals surface area contributed by atoms with Gasteiger partial charge in [-0.1, -0.05) is 53.5 Å². The van der Waals surface area contributed by atoms with Gasteiger partial charge < -0.3 is 0 Å². The first-order chi connectivity index (χ1) is 9.28. The Balaban J connectivity index is 1.86. The van der Waals surface area contributed by atoms with E-state index in [0.717, 1.165) is 6.42 Å². The molecule has 0 unspecified atom stereocenters. The summed E-state index contributed by atoms with van der Waals surface area (Å²) in [6, 6.07) is 13.6. The van der Waals surface area contributed by atoms with Crippen molar-refractivity contribution < 1.29 is 0 Å². The summed E-state index contributed by atoms with van der Waals surface area (Å²) in [4.78, 5) is 0. The van der Waals surface area contributed by atoms with Crippen LogP contribution < -0.4 is 0 Å². The molecule has 0 aromatic heterocycles. The molecule has 2 aromatic carbocycles. The molecule has 0 saturated heterocycles. The van der Waals surface area contributed by atoms with Crippen LogP contribution in [0.15, 0.2) is 40.9 Å². The van der Waals surface area contributed by atoms with Crippen molar-refractivity contribution in [3.05, 3.63) is 64.0 Å². The smallest absolute Gasteiger partial charge is 0.0178 e. The highest BCUT2D eigenvalue weighted by Crippen LogP contribution is 2.38. The molecular weight excluding hydrogens is 296 g/mol. The summed E-state index contributed by atoms with van der Waals surface area (Å²) >= 11 is 3.56. The molecule has 0 spiro atoms.